The number of carbonyl (C=O) groups excluding carboxylic acids is 1. The molecule has 2 aromatic rings. The molecule has 4 N–H and O–H groups in total. The Morgan fingerprint density at radius 2 is 1.90 bits per heavy atom. The minimum atomic E-state index is -0.504. The van der Waals surface area contributed by atoms with Crippen LogP contribution in [0.1, 0.15) is 21.5 Å². The number of nitrogens with zero attached hydrogens (tertiary/aromatic N) is 1. The summed E-state index contributed by atoms with van der Waals surface area (Å²) in [5.41, 5.74) is 6.91. The number of halogens is 1. The molecule has 0 aliphatic rings. The molecule has 2 rings (SSSR count). The number of amidine groups is 1. The minimum absolute atomic E-state index is 0.105. The van der Waals surface area contributed by atoms with Crippen molar-refractivity contribution in [3.05, 3.63) is 65.0 Å². The first-order chi connectivity index (χ1) is 10.0. The molecule has 5 nitrogen and oxygen atoms in total. The first-order valence-corrected chi connectivity index (χ1v) is 6.17. The number of hydrogen-bond acceptors (Lipinski definition) is 3. The average molecular weight is 287 g/mol. The van der Waals surface area contributed by atoms with Gasteiger partial charge >= 0.3 is 0 Å². The van der Waals surface area contributed by atoms with Crippen molar-refractivity contribution >= 4 is 17.4 Å². The monoisotopic (exact) mass is 287 g/mol. The van der Waals surface area contributed by atoms with Crippen molar-refractivity contribution in [2.75, 3.05) is 5.32 Å². The highest BCUT2D eigenvalue weighted by Crippen LogP contribution is 2.19. The van der Waals surface area contributed by atoms with E-state index in [0.717, 1.165) is 0 Å². The molecule has 0 saturated carbocycles. The standard InChI is InChI=1S/C15H14FN3O2/c1-9-4-2-7-12(16)13(9)18-15(20)11-6-3-5-10(8-11)14(17)19-21/h2-8,21H,1H3,(H2,17,19)(H,18,20). The number of carbonyl (C=O) groups is 1. The maximum absolute atomic E-state index is 13.7. The Kier molecular flexibility index (Phi) is 4.18. The highest BCUT2D eigenvalue weighted by Gasteiger charge is 2.12. The largest absolute Gasteiger partial charge is 0.409 e. The van der Waals surface area contributed by atoms with Crippen LogP contribution in [-0.2, 0) is 0 Å². The number of anilines is 1. The van der Waals surface area contributed by atoms with Gasteiger partial charge in [-0.05, 0) is 30.7 Å². The van der Waals surface area contributed by atoms with Crippen molar-refractivity contribution in [2.45, 2.75) is 6.92 Å². The fourth-order valence-electron chi connectivity index (χ4n) is 1.85. The summed E-state index contributed by atoms with van der Waals surface area (Å²) in [7, 11) is 0. The van der Waals surface area contributed by atoms with Crippen molar-refractivity contribution < 1.29 is 14.4 Å². The molecule has 0 aliphatic heterocycles. The highest BCUT2D eigenvalue weighted by atomic mass is 19.1. The zero-order valence-electron chi connectivity index (χ0n) is 11.3. The lowest BCUT2D eigenvalue weighted by atomic mass is 10.1. The van der Waals surface area contributed by atoms with Crippen molar-refractivity contribution in [2.24, 2.45) is 10.9 Å². The van der Waals surface area contributed by atoms with E-state index >= 15 is 0 Å². The SMILES string of the molecule is Cc1cccc(F)c1NC(=O)c1cccc(/C(N)=N/O)c1. The molecule has 21 heavy (non-hydrogen) atoms. The Morgan fingerprint density at radius 3 is 2.57 bits per heavy atom. The highest BCUT2D eigenvalue weighted by molar-refractivity contribution is 6.06. The lowest BCUT2D eigenvalue weighted by Crippen LogP contribution is -2.17. The molecule has 0 aromatic heterocycles. The molecule has 6 heteroatoms. The summed E-state index contributed by atoms with van der Waals surface area (Å²) in [4.78, 5) is 12.2. The molecule has 0 heterocycles. The number of nitrogens with one attached hydrogen (secondary N) is 1. The van der Waals surface area contributed by atoms with Crippen LogP contribution in [0.4, 0.5) is 10.1 Å². The van der Waals surface area contributed by atoms with E-state index in [9.17, 15) is 9.18 Å². The number of aryl methyl sites for hydroxylation is 1. The molecule has 0 saturated heterocycles. The summed E-state index contributed by atoms with van der Waals surface area (Å²) in [5.74, 6) is -1.08. The second-order valence-electron chi connectivity index (χ2n) is 4.45. The second-order valence-corrected chi connectivity index (χ2v) is 4.45. The van der Waals surface area contributed by atoms with Gasteiger partial charge in [-0.3, -0.25) is 4.79 Å². The van der Waals surface area contributed by atoms with E-state index in [-0.39, 0.29) is 17.1 Å². The molecule has 0 aliphatic carbocycles. The van der Waals surface area contributed by atoms with Gasteiger partial charge in [0, 0.05) is 11.1 Å². The summed E-state index contributed by atoms with van der Waals surface area (Å²) >= 11 is 0. The predicted molar refractivity (Wildman–Crippen MR) is 78.0 cm³/mol. The molecular formula is C15H14FN3O2. The summed E-state index contributed by atoms with van der Waals surface area (Å²) in [6.07, 6.45) is 0. The van der Waals surface area contributed by atoms with Crippen LogP contribution in [0.25, 0.3) is 0 Å². The average Bonchev–Trinajstić information content (AvgIpc) is 2.50. The third kappa shape index (κ3) is 3.17. The Labute approximate surface area is 120 Å². The van der Waals surface area contributed by atoms with Crippen molar-refractivity contribution in [1.82, 2.24) is 0 Å². The maximum Gasteiger partial charge on any atom is 0.255 e. The fourth-order valence-corrected chi connectivity index (χ4v) is 1.85. The minimum Gasteiger partial charge on any atom is -0.409 e. The molecule has 0 unspecified atom stereocenters. The van der Waals surface area contributed by atoms with E-state index in [2.05, 4.69) is 10.5 Å². The lowest BCUT2D eigenvalue weighted by Gasteiger charge is -2.10. The molecule has 2 aromatic carbocycles. The van der Waals surface area contributed by atoms with Gasteiger partial charge < -0.3 is 16.3 Å². The van der Waals surface area contributed by atoms with Gasteiger partial charge in [0.25, 0.3) is 5.91 Å². The Bertz CT molecular complexity index is 694. The molecule has 108 valence electrons. The van der Waals surface area contributed by atoms with Crippen LogP contribution in [0.5, 0.6) is 0 Å². The molecule has 0 bridgehead atoms. The maximum atomic E-state index is 13.7. The number of benzene rings is 2. The van der Waals surface area contributed by atoms with Gasteiger partial charge in [0.05, 0.1) is 5.69 Å². The van der Waals surface area contributed by atoms with Gasteiger partial charge in [-0.25, -0.2) is 4.39 Å². The Hall–Kier alpha value is -2.89. The first kappa shape index (κ1) is 14.5. The summed E-state index contributed by atoms with van der Waals surface area (Å²) in [6.45, 7) is 1.70. The summed E-state index contributed by atoms with van der Waals surface area (Å²) in [6, 6.07) is 10.7. The van der Waals surface area contributed by atoms with E-state index in [1.807, 2.05) is 0 Å². The van der Waals surface area contributed by atoms with Gasteiger partial charge in [-0.1, -0.05) is 29.4 Å². The number of hydrogen-bond donors (Lipinski definition) is 3. The molecule has 1 amide bonds. The van der Waals surface area contributed by atoms with E-state index in [4.69, 9.17) is 10.9 Å². The number of nitrogens with two attached hydrogens (primary N) is 1. The third-order valence-corrected chi connectivity index (χ3v) is 2.99. The van der Waals surface area contributed by atoms with Crippen LogP contribution in [-0.4, -0.2) is 17.0 Å². The number of oxime groups is 1. The molecular weight excluding hydrogens is 273 g/mol. The van der Waals surface area contributed by atoms with Crippen LogP contribution in [0.15, 0.2) is 47.6 Å². The van der Waals surface area contributed by atoms with E-state index in [0.29, 0.717) is 11.1 Å². The van der Waals surface area contributed by atoms with Crippen LogP contribution in [0.2, 0.25) is 0 Å². The van der Waals surface area contributed by atoms with Crippen molar-refractivity contribution in [3.63, 3.8) is 0 Å². The smallest absolute Gasteiger partial charge is 0.255 e. The predicted octanol–water partition coefficient (Wildman–Crippen LogP) is 2.48. The van der Waals surface area contributed by atoms with Gasteiger partial charge in [0.15, 0.2) is 5.84 Å². The normalized spacial score (nSPS) is 11.2. The number of para-hydroxylation sites is 1. The lowest BCUT2D eigenvalue weighted by molar-refractivity contribution is 0.102. The number of rotatable bonds is 3. The molecule has 0 atom stereocenters. The van der Waals surface area contributed by atoms with Gasteiger partial charge in [-0.15, -0.1) is 0 Å². The van der Waals surface area contributed by atoms with Gasteiger partial charge in [0.1, 0.15) is 5.82 Å². The van der Waals surface area contributed by atoms with Gasteiger partial charge in [0.2, 0.25) is 0 Å². The summed E-state index contributed by atoms with van der Waals surface area (Å²) in [5, 5.41) is 14.0. The Balaban J connectivity index is 2.29. The first-order valence-electron chi connectivity index (χ1n) is 6.17. The van der Waals surface area contributed by atoms with Crippen LogP contribution >= 0.6 is 0 Å². The third-order valence-electron chi connectivity index (χ3n) is 2.99. The second kappa shape index (κ2) is 6.04. The summed E-state index contributed by atoms with van der Waals surface area (Å²) < 4.78 is 13.7. The number of amides is 1. The topological polar surface area (TPSA) is 87.7 Å². The fraction of sp³-hybridized carbons (Fsp3) is 0.0667. The Morgan fingerprint density at radius 1 is 1.24 bits per heavy atom. The van der Waals surface area contributed by atoms with E-state index in [1.165, 1.54) is 12.1 Å². The molecule has 0 radical (unpaired) electrons. The molecule has 0 spiro atoms. The van der Waals surface area contributed by atoms with Crippen LogP contribution in [0, 0.1) is 12.7 Å². The van der Waals surface area contributed by atoms with E-state index in [1.54, 1.807) is 37.3 Å². The zero-order chi connectivity index (χ0) is 15.4. The quantitative estimate of drug-likeness (QED) is 0.351. The molecule has 0 fully saturated rings. The zero-order valence-corrected chi connectivity index (χ0v) is 11.3. The van der Waals surface area contributed by atoms with Crippen LogP contribution in [0.3, 0.4) is 0 Å². The van der Waals surface area contributed by atoms with Crippen LogP contribution < -0.4 is 11.1 Å². The van der Waals surface area contributed by atoms with Crippen molar-refractivity contribution in [3.8, 4) is 0 Å². The van der Waals surface area contributed by atoms with Crippen molar-refractivity contribution in [1.29, 1.82) is 0 Å². The van der Waals surface area contributed by atoms with Gasteiger partial charge in [-0.2, -0.15) is 0 Å². The van der Waals surface area contributed by atoms with E-state index < -0.39 is 11.7 Å².